The lowest BCUT2D eigenvalue weighted by Crippen LogP contribution is -2.45. The van der Waals surface area contributed by atoms with E-state index in [9.17, 15) is 17.6 Å². The van der Waals surface area contributed by atoms with Crippen LogP contribution in [0, 0.1) is 12.7 Å². The zero-order valence-electron chi connectivity index (χ0n) is 14.5. The van der Waals surface area contributed by atoms with Crippen LogP contribution >= 0.6 is 0 Å². The number of amides is 1. The first kappa shape index (κ1) is 18.5. The van der Waals surface area contributed by atoms with Gasteiger partial charge in [0.1, 0.15) is 11.9 Å². The van der Waals surface area contributed by atoms with Crippen LogP contribution < -0.4 is 5.32 Å². The molecule has 2 aromatic rings. The zero-order valence-corrected chi connectivity index (χ0v) is 15.3. The number of nitrogens with one attached hydrogen (secondary N) is 1. The van der Waals surface area contributed by atoms with Gasteiger partial charge in [0.2, 0.25) is 15.9 Å². The molecule has 7 heteroatoms. The summed E-state index contributed by atoms with van der Waals surface area (Å²) in [5, 5.41) is 2.81. The molecule has 0 aliphatic carbocycles. The molecule has 1 heterocycles. The molecule has 1 saturated heterocycles. The Labute approximate surface area is 152 Å². The van der Waals surface area contributed by atoms with Gasteiger partial charge in [0.25, 0.3) is 0 Å². The third kappa shape index (κ3) is 3.78. The molecule has 2 aromatic carbocycles. The molecule has 1 fully saturated rings. The molecule has 0 bridgehead atoms. The lowest BCUT2D eigenvalue weighted by atomic mass is 10.2. The van der Waals surface area contributed by atoms with Gasteiger partial charge in [-0.1, -0.05) is 30.3 Å². The number of rotatable bonds is 5. The number of benzene rings is 2. The standard InChI is InChI=1S/C19H21FN2O3S/c1-14-12-16(20)9-10-18(14)26(24,25)22-11-5-8-17(22)19(23)21-13-15-6-3-2-4-7-15/h2-4,6-7,9-10,12,17H,5,8,11,13H2,1H3,(H,21,23)/t17-/m1/s1. The normalized spacial score (nSPS) is 18.0. The lowest BCUT2D eigenvalue weighted by molar-refractivity contribution is -0.124. The second-order valence-electron chi connectivity index (χ2n) is 6.39. The van der Waals surface area contributed by atoms with Crippen molar-refractivity contribution >= 4 is 15.9 Å². The van der Waals surface area contributed by atoms with E-state index in [4.69, 9.17) is 0 Å². The average molecular weight is 376 g/mol. The Bertz CT molecular complexity index is 900. The molecule has 0 spiro atoms. The number of hydrogen-bond acceptors (Lipinski definition) is 3. The van der Waals surface area contributed by atoms with Crippen molar-refractivity contribution in [2.75, 3.05) is 6.54 Å². The number of aryl methyl sites for hydroxylation is 1. The quantitative estimate of drug-likeness (QED) is 0.872. The summed E-state index contributed by atoms with van der Waals surface area (Å²) in [5.74, 6) is -0.797. The molecule has 1 N–H and O–H groups in total. The van der Waals surface area contributed by atoms with E-state index in [0.29, 0.717) is 24.9 Å². The monoisotopic (exact) mass is 376 g/mol. The molecule has 1 aliphatic rings. The van der Waals surface area contributed by atoms with E-state index in [1.54, 1.807) is 6.92 Å². The predicted molar refractivity (Wildman–Crippen MR) is 96.3 cm³/mol. The van der Waals surface area contributed by atoms with Crippen molar-refractivity contribution in [3.05, 3.63) is 65.5 Å². The van der Waals surface area contributed by atoms with E-state index in [0.717, 1.165) is 11.6 Å². The van der Waals surface area contributed by atoms with Gasteiger partial charge >= 0.3 is 0 Å². The van der Waals surface area contributed by atoms with E-state index < -0.39 is 21.9 Å². The fourth-order valence-electron chi connectivity index (χ4n) is 3.22. The summed E-state index contributed by atoms with van der Waals surface area (Å²) in [4.78, 5) is 12.6. The maximum atomic E-state index is 13.3. The van der Waals surface area contributed by atoms with Gasteiger partial charge in [-0.3, -0.25) is 4.79 Å². The second kappa shape index (κ2) is 7.55. The third-order valence-corrected chi connectivity index (χ3v) is 6.61. The van der Waals surface area contributed by atoms with Crippen LogP contribution in [0.25, 0.3) is 0 Å². The highest BCUT2D eigenvalue weighted by Gasteiger charge is 2.39. The van der Waals surface area contributed by atoms with Crippen molar-refractivity contribution < 1.29 is 17.6 Å². The molecule has 0 saturated carbocycles. The fourth-order valence-corrected chi connectivity index (χ4v) is 5.09. The molecule has 26 heavy (non-hydrogen) atoms. The van der Waals surface area contributed by atoms with E-state index in [2.05, 4.69) is 5.32 Å². The Morgan fingerprint density at radius 2 is 1.96 bits per heavy atom. The van der Waals surface area contributed by atoms with Crippen LogP contribution in [-0.4, -0.2) is 31.2 Å². The third-order valence-electron chi connectivity index (χ3n) is 4.54. The van der Waals surface area contributed by atoms with Gasteiger partial charge in [-0.05, 0) is 49.1 Å². The van der Waals surface area contributed by atoms with Crippen molar-refractivity contribution in [2.45, 2.75) is 37.2 Å². The van der Waals surface area contributed by atoms with E-state index in [-0.39, 0.29) is 17.3 Å². The number of hydrogen-bond donors (Lipinski definition) is 1. The molecule has 1 atom stereocenters. The van der Waals surface area contributed by atoms with Crippen LogP contribution in [0.4, 0.5) is 4.39 Å². The first-order valence-corrected chi connectivity index (χ1v) is 9.93. The first-order valence-electron chi connectivity index (χ1n) is 8.49. The summed E-state index contributed by atoms with van der Waals surface area (Å²) in [6.07, 6.45) is 1.09. The Morgan fingerprint density at radius 1 is 1.23 bits per heavy atom. The van der Waals surface area contributed by atoms with Gasteiger partial charge in [0.15, 0.2) is 0 Å². The van der Waals surface area contributed by atoms with E-state index >= 15 is 0 Å². The summed E-state index contributed by atoms with van der Waals surface area (Å²) < 4.78 is 40.5. The average Bonchev–Trinajstić information content (AvgIpc) is 3.11. The van der Waals surface area contributed by atoms with Crippen LogP contribution in [0.2, 0.25) is 0 Å². The van der Waals surface area contributed by atoms with Crippen molar-refractivity contribution in [3.63, 3.8) is 0 Å². The highest BCUT2D eigenvalue weighted by atomic mass is 32.2. The van der Waals surface area contributed by atoms with Gasteiger partial charge in [0, 0.05) is 13.1 Å². The Hall–Kier alpha value is -2.25. The van der Waals surface area contributed by atoms with Crippen LogP contribution in [0.15, 0.2) is 53.4 Å². The summed E-state index contributed by atoms with van der Waals surface area (Å²) in [7, 11) is -3.86. The number of sulfonamides is 1. The maximum absolute atomic E-state index is 13.3. The molecule has 1 amide bonds. The number of nitrogens with zero attached hydrogens (tertiary/aromatic N) is 1. The van der Waals surface area contributed by atoms with E-state index in [1.807, 2.05) is 30.3 Å². The maximum Gasteiger partial charge on any atom is 0.244 e. The minimum atomic E-state index is -3.86. The molecular weight excluding hydrogens is 355 g/mol. The summed E-state index contributed by atoms with van der Waals surface area (Å²) >= 11 is 0. The summed E-state index contributed by atoms with van der Waals surface area (Å²) in [6, 6.07) is 12.3. The van der Waals surface area contributed by atoms with Gasteiger partial charge in [-0.25, -0.2) is 12.8 Å². The Kier molecular flexibility index (Phi) is 5.38. The van der Waals surface area contributed by atoms with Gasteiger partial charge in [-0.2, -0.15) is 4.31 Å². The molecular formula is C19H21FN2O3S. The van der Waals surface area contributed by atoms with Gasteiger partial charge in [-0.15, -0.1) is 0 Å². The van der Waals surface area contributed by atoms with Crippen LogP contribution in [0.1, 0.15) is 24.0 Å². The van der Waals surface area contributed by atoms with Gasteiger partial charge < -0.3 is 5.32 Å². The minimum Gasteiger partial charge on any atom is -0.351 e. The van der Waals surface area contributed by atoms with Crippen LogP contribution in [-0.2, 0) is 21.4 Å². The highest BCUT2D eigenvalue weighted by molar-refractivity contribution is 7.89. The largest absolute Gasteiger partial charge is 0.351 e. The van der Waals surface area contributed by atoms with Crippen molar-refractivity contribution in [1.29, 1.82) is 0 Å². The molecule has 1 aliphatic heterocycles. The molecule has 0 radical (unpaired) electrons. The van der Waals surface area contributed by atoms with Crippen molar-refractivity contribution in [2.24, 2.45) is 0 Å². The SMILES string of the molecule is Cc1cc(F)ccc1S(=O)(=O)N1CCC[C@@H]1C(=O)NCc1ccccc1. The van der Waals surface area contributed by atoms with E-state index in [1.165, 1.54) is 16.4 Å². The predicted octanol–water partition coefficient (Wildman–Crippen LogP) is 2.60. The Balaban J connectivity index is 1.77. The highest BCUT2D eigenvalue weighted by Crippen LogP contribution is 2.28. The summed E-state index contributed by atoms with van der Waals surface area (Å²) in [6.45, 7) is 2.18. The summed E-state index contributed by atoms with van der Waals surface area (Å²) in [5.41, 5.74) is 1.28. The topological polar surface area (TPSA) is 66.5 Å². The smallest absolute Gasteiger partial charge is 0.244 e. The van der Waals surface area contributed by atoms with Crippen molar-refractivity contribution in [1.82, 2.24) is 9.62 Å². The second-order valence-corrected chi connectivity index (χ2v) is 8.25. The Morgan fingerprint density at radius 3 is 2.65 bits per heavy atom. The molecule has 138 valence electrons. The van der Waals surface area contributed by atoms with Crippen LogP contribution in [0.5, 0.6) is 0 Å². The molecule has 3 rings (SSSR count). The van der Waals surface area contributed by atoms with Gasteiger partial charge in [0.05, 0.1) is 4.90 Å². The molecule has 0 aromatic heterocycles. The number of carbonyl (C=O) groups excluding carboxylic acids is 1. The zero-order chi connectivity index (χ0) is 18.7. The van der Waals surface area contributed by atoms with Crippen molar-refractivity contribution in [3.8, 4) is 0 Å². The lowest BCUT2D eigenvalue weighted by Gasteiger charge is -2.24. The van der Waals surface area contributed by atoms with Crippen LogP contribution in [0.3, 0.4) is 0 Å². The number of carbonyl (C=O) groups is 1. The number of halogens is 1. The first-order chi connectivity index (χ1) is 12.4. The molecule has 0 unspecified atom stereocenters. The molecule has 5 nitrogen and oxygen atoms in total. The minimum absolute atomic E-state index is 0.0432. The fraction of sp³-hybridized carbons (Fsp3) is 0.316.